The Morgan fingerprint density at radius 1 is 0.543 bits per heavy atom. The molecule has 1 amide bonds. The third-order valence-electron chi connectivity index (χ3n) is 7.63. The van der Waals surface area contributed by atoms with Crippen LogP contribution in [0.2, 0.25) is 0 Å². The monoisotopic (exact) mass is 657 g/mol. The Morgan fingerprint density at radius 3 is 1.43 bits per heavy atom. The average molecular weight is 658 g/mol. The fourth-order valence-corrected chi connectivity index (χ4v) is 5.75. The largest absolute Gasteiger partial charge is 0.463 e. The lowest BCUT2D eigenvalue weighted by Crippen LogP contribution is -2.44. The molecule has 0 aliphatic heterocycles. The van der Waals surface area contributed by atoms with Gasteiger partial charge in [-0.05, 0) is 63.7 Å². The Morgan fingerprint density at radius 2 is 1.00 bits per heavy atom. The van der Waals surface area contributed by atoms with Gasteiger partial charge in [0.1, 0.15) is 30.5 Å². The Hall–Kier alpha value is -3.18. The van der Waals surface area contributed by atoms with Crippen molar-refractivity contribution in [1.29, 1.82) is 0 Å². The third kappa shape index (κ3) is 20.8. The van der Waals surface area contributed by atoms with E-state index in [9.17, 15) is 28.8 Å². The Kier molecular flexibility index (Phi) is 21.6. The van der Waals surface area contributed by atoms with Crippen molar-refractivity contribution in [1.82, 2.24) is 5.32 Å². The molecule has 0 aromatic heterocycles. The number of unbranched alkanes of at least 4 members (excludes halogenated alkanes) is 2. The van der Waals surface area contributed by atoms with Crippen LogP contribution >= 0.6 is 0 Å². The summed E-state index contributed by atoms with van der Waals surface area (Å²) in [7, 11) is 0. The lowest BCUT2D eigenvalue weighted by Gasteiger charge is -2.33. The third-order valence-corrected chi connectivity index (χ3v) is 7.63. The number of ether oxygens (including phenoxy) is 5. The molecule has 0 spiro atoms. The number of carbonyl (C=O) groups excluding carboxylic acids is 6. The SMILES string of the molecule is CCCC[C@H](C)[C@H](OC(C)=O)[C@@H](C[C@H](C)C[C@H](CCCC[C@@H](C[C@@H](OC(C)=O)[C@@H](C)NC(C)=O)OC(C)=O)OC(C)=O)OC(C)=O. The smallest absolute Gasteiger partial charge is 0.303 e. The number of rotatable bonds is 23. The highest BCUT2D eigenvalue weighted by atomic mass is 16.6. The maximum absolute atomic E-state index is 12.0. The summed E-state index contributed by atoms with van der Waals surface area (Å²) < 4.78 is 27.9. The second kappa shape index (κ2) is 23.2. The molecular weight excluding hydrogens is 598 g/mol. The highest BCUT2D eigenvalue weighted by Crippen LogP contribution is 2.28. The first-order valence-corrected chi connectivity index (χ1v) is 16.6. The van der Waals surface area contributed by atoms with Crippen LogP contribution in [0.4, 0.5) is 0 Å². The van der Waals surface area contributed by atoms with Gasteiger partial charge in [-0.15, -0.1) is 0 Å². The molecule has 0 unspecified atom stereocenters. The molecule has 0 fully saturated rings. The van der Waals surface area contributed by atoms with E-state index in [0.717, 1.165) is 19.3 Å². The van der Waals surface area contributed by atoms with Gasteiger partial charge in [0.25, 0.3) is 0 Å². The van der Waals surface area contributed by atoms with Crippen LogP contribution in [0, 0.1) is 11.8 Å². The van der Waals surface area contributed by atoms with Crippen molar-refractivity contribution < 1.29 is 52.5 Å². The minimum absolute atomic E-state index is 0.0171. The summed E-state index contributed by atoms with van der Waals surface area (Å²) in [6.07, 6.45) is 3.31. The first-order valence-electron chi connectivity index (χ1n) is 16.6. The first-order chi connectivity index (χ1) is 21.4. The Balaban J connectivity index is 5.53. The molecule has 0 aromatic carbocycles. The van der Waals surface area contributed by atoms with Crippen LogP contribution in [0.5, 0.6) is 0 Å². The van der Waals surface area contributed by atoms with Crippen molar-refractivity contribution in [3.63, 3.8) is 0 Å². The van der Waals surface area contributed by atoms with Gasteiger partial charge >= 0.3 is 29.8 Å². The van der Waals surface area contributed by atoms with Crippen molar-refractivity contribution >= 4 is 35.8 Å². The van der Waals surface area contributed by atoms with Gasteiger partial charge in [0, 0.05) is 48.0 Å². The summed E-state index contributed by atoms with van der Waals surface area (Å²) in [4.78, 5) is 71.0. The van der Waals surface area contributed by atoms with Gasteiger partial charge in [-0.25, -0.2) is 0 Å². The van der Waals surface area contributed by atoms with Gasteiger partial charge in [-0.1, -0.05) is 33.6 Å². The van der Waals surface area contributed by atoms with Crippen molar-refractivity contribution in [2.45, 2.75) is 170 Å². The number of hydrogen-bond acceptors (Lipinski definition) is 11. The van der Waals surface area contributed by atoms with Crippen LogP contribution in [0.25, 0.3) is 0 Å². The summed E-state index contributed by atoms with van der Waals surface area (Å²) >= 11 is 0. The molecule has 0 aliphatic rings. The van der Waals surface area contributed by atoms with E-state index in [-0.39, 0.29) is 24.2 Å². The molecule has 0 rings (SSSR count). The molecule has 1 N–H and O–H groups in total. The minimum atomic E-state index is -0.689. The number of nitrogens with one attached hydrogen (secondary N) is 1. The van der Waals surface area contributed by atoms with Crippen LogP contribution in [-0.2, 0) is 52.5 Å². The second-order valence-corrected chi connectivity index (χ2v) is 12.5. The van der Waals surface area contributed by atoms with Gasteiger partial charge in [0.05, 0.1) is 6.04 Å². The molecule has 0 saturated heterocycles. The maximum Gasteiger partial charge on any atom is 0.303 e. The highest BCUT2D eigenvalue weighted by molar-refractivity contribution is 5.73. The van der Waals surface area contributed by atoms with Gasteiger partial charge in [0.15, 0.2) is 0 Å². The van der Waals surface area contributed by atoms with E-state index in [4.69, 9.17) is 23.7 Å². The topological polar surface area (TPSA) is 161 Å². The minimum Gasteiger partial charge on any atom is -0.463 e. The molecule has 0 aliphatic carbocycles. The molecule has 0 heterocycles. The molecule has 0 saturated carbocycles. The molecule has 266 valence electrons. The molecule has 0 bridgehead atoms. The first kappa shape index (κ1) is 42.8. The van der Waals surface area contributed by atoms with Gasteiger partial charge in [0.2, 0.25) is 5.91 Å². The Labute approximate surface area is 275 Å². The van der Waals surface area contributed by atoms with Crippen LogP contribution < -0.4 is 5.32 Å². The van der Waals surface area contributed by atoms with Crippen molar-refractivity contribution in [3.8, 4) is 0 Å². The molecule has 12 nitrogen and oxygen atoms in total. The van der Waals surface area contributed by atoms with Gasteiger partial charge in [-0.2, -0.15) is 0 Å². The molecular formula is C34H59NO11. The highest BCUT2D eigenvalue weighted by Gasteiger charge is 2.34. The van der Waals surface area contributed by atoms with E-state index >= 15 is 0 Å². The van der Waals surface area contributed by atoms with Crippen LogP contribution in [0.15, 0.2) is 0 Å². The van der Waals surface area contributed by atoms with Crippen LogP contribution in [0.1, 0.15) is 133 Å². The summed E-state index contributed by atoms with van der Waals surface area (Å²) in [5.74, 6) is -2.61. The molecule has 46 heavy (non-hydrogen) atoms. The van der Waals surface area contributed by atoms with E-state index in [1.807, 2.05) is 13.8 Å². The fourth-order valence-electron chi connectivity index (χ4n) is 5.75. The van der Waals surface area contributed by atoms with Crippen molar-refractivity contribution in [3.05, 3.63) is 0 Å². The number of amides is 1. The molecule has 0 radical (unpaired) electrons. The van der Waals surface area contributed by atoms with Crippen molar-refractivity contribution in [2.75, 3.05) is 0 Å². The second-order valence-electron chi connectivity index (χ2n) is 12.5. The summed E-state index contributed by atoms with van der Waals surface area (Å²) in [5, 5.41) is 2.72. The van der Waals surface area contributed by atoms with Gasteiger partial charge in [-0.3, -0.25) is 28.8 Å². The van der Waals surface area contributed by atoms with Gasteiger partial charge < -0.3 is 29.0 Å². The number of esters is 5. The number of hydrogen-bond donors (Lipinski definition) is 1. The zero-order valence-corrected chi connectivity index (χ0v) is 29.7. The fraction of sp³-hybridized carbons (Fsp3) is 0.824. The molecule has 8 atom stereocenters. The summed E-state index contributed by atoms with van der Waals surface area (Å²) in [6.45, 7) is 15.8. The predicted molar refractivity (Wildman–Crippen MR) is 171 cm³/mol. The van der Waals surface area contributed by atoms with E-state index in [1.165, 1.54) is 41.5 Å². The molecule has 0 aromatic rings. The quantitative estimate of drug-likeness (QED) is 0.0855. The number of carbonyl (C=O) groups is 6. The molecule has 12 heteroatoms. The van der Waals surface area contributed by atoms with Crippen molar-refractivity contribution in [2.24, 2.45) is 11.8 Å². The van der Waals surface area contributed by atoms with E-state index in [2.05, 4.69) is 12.2 Å². The Bertz CT molecular complexity index is 969. The maximum atomic E-state index is 12.0. The lowest BCUT2D eigenvalue weighted by atomic mass is 9.87. The normalized spacial score (nSPS) is 16.3. The predicted octanol–water partition coefficient (Wildman–Crippen LogP) is 5.36. The summed E-state index contributed by atoms with van der Waals surface area (Å²) in [6, 6.07) is -0.486. The average Bonchev–Trinajstić information content (AvgIpc) is 2.90. The van der Waals surface area contributed by atoms with E-state index < -0.39 is 66.4 Å². The standard InChI is InChI=1S/C34H59NO11/c1-11-12-15-22(3)34(46-29(10)41)33(45-28(9)40)19-21(2)18-30(42-25(6)37)16-13-14-17-31(43-26(7)38)20-32(44-27(8)39)23(4)35-24(5)36/h21-23,30-34H,11-20H2,1-10H3,(H,35,36)/t21-,22+,23-,30+,31+,32-,33-,34+/m1/s1. The zero-order chi connectivity index (χ0) is 35.4. The van der Waals surface area contributed by atoms with E-state index in [0.29, 0.717) is 38.5 Å². The lowest BCUT2D eigenvalue weighted by molar-refractivity contribution is -0.171. The summed E-state index contributed by atoms with van der Waals surface area (Å²) in [5.41, 5.74) is 0. The van der Waals surface area contributed by atoms with Crippen LogP contribution in [0.3, 0.4) is 0 Å². The van der Waals surface area contributed by atoms with E-state index in [1.54, 1.807) is 6.92 Å². The zero-order valence-electron chi connectivity index (χ0n) is 29.7. The van der Waals surface area contributed by atoms with Crippen LogP contribution in [-0.4, -0.2) is 72.3 Å².